The summed E-state index contributed by atoms with van der Waals surface area (Å²) in [6.07, 6.45) is 5.81. The topological polar surface area (TPSA) is 50.4 Å². The molecule has 1 aliphatic carbocycles. The van der Waals surface area contributed by atoms with E-state index in [-0.39, 0.29) is 6.03 Å². The number of carbonyl (C=O) groups excluding carboxylic acids is 1. The van der Waals surface area contributed by atoms with Crippen LogP contribution in [0.15, 0.2) is 52.8 Å². The minimum Gasteiger partial charge on any atom is -0.492 e. The molecule has 1 aromatic rings. The summed E-state index contributed by atoms with van der Waals surface area (Å²) in [5.41, 5.74) is 1.44. The van der Waals surface area contributed by atoms with Crippen LogP contribution in [0.3, 0.4) is 0 Å². The maximum absolute atomic E-state index is 12.0. The SMILES string of the molecule is CCOC1=CCCC=C1NC(=O)Nc1ccc(S)cc1. The summed E-state index contributed by atoms with van der Waals surface area (Å²) in [5.74, 6) is 0.736. The van der Waals surface area contributed by atoms with E-state index in [4.69, 9.17) is 4.74 Å². The quantitative estimate of drug-likeness (QED) is 0.741. The predicted molar refractivity (Wildman–Crippen MR) is 82.9 cm³/mol. The van der Waals surface area contributed by atoms with Crippen LogP contribution in [0.1, 0.15) is 19.8 Å². The molecule has 0 spiro atoms. The van der Waals surface area contributed by atoms with Crippen LogP contribution < -0.4 is 10.6 Å². The number of ether oxygens (including phenoxy) is 1. The normalized spacial score (nSPS) is 14.1. The summed E-state index contributed by atoms with van der Waals surface area (Å²) < 4.78 is 5.50. The number of nitrogens with one attached hydrogen (secondary N) is 2. The van der Waals surface area contributed by atoms with Crippen molar-refractivity contribution in [2.75, 3.05) is 11.9 Å². The minimum atomic E-state index is -0.282. The van der Waals surface area contributed by atoms with Crippen LogP contribution in [0.5, 0.6) is 0 Å². The highest BCUT2D eigenvalue weighted by Gasteiger charge is 2.13. The zero-order chi connectivity index (χ0) is 14.4. The van der Waals surface area contributed by atoms with E-state index in [0.29, 0.717) is 6.61 Å². The molecule has 1 aromatic carbocycles. The Kier molecular flexibility index (Phi) is 5.12. The summed E-state index contributed by atoms with van der Waals surface area (Å²) in [4.78, 5) is 12.8. The second-order valence-corrected chi connectivity index (χ2v) is 4.84. The van der Waals surface area contributed by atoms with Gasteiger partial charge in [-0.05, 0) is 50.1 Å². The molecular formula is C15H18N2O2S. The maximum atomic E-state index is 12.0. The zero-order valence-electron chi connectivity index (χ0n) is 11.3. The van der Waals surface area contributed by atoms with Gasteiger partial charge in [-0.3, -0.25) is 0 Å². The lowest BCUT2D eigenvalue weighted by atomic mass is 10.1. The van der Waals surface area contributed by atoms with Gasteiger partial charge in [-0.25, -0.2) is 4.79 Å². The van der Waals surface area contributed by atoms with Crippen LogP contribution in [0.4, 0.5) is 10.5 Å². The van der Waals surface area contributed by atoms with Crippen molar-refractivity contribution in [2.24, 2.45) is 0 Å². The third kappa shape index (κ3) is 4.06. The fourth-order valence-electron chi connectivity index (χ4n) is 1.89. The maximum Gasteiger partial charge on any atom is 0.323 e. The fraction of sp³-hybridized carbons (Fsp3) is 0.267. The molecule has 0 unspecified atom stereocenters. The lowest BCUT2D eigenvalue weighted by molar-refractivity contribution is 0.228. The van der Waals surface area contributed by atoms with E-state index in [1.165, 1.54) is 0 Å². The Bertz CT molecular complexity index is 535. The van der Waals surface area contributed by atoms with Crippen LogP contribution in [0.2, 0.25) is 0 Å². The van der Waals surface area contributed by atoms with Gasteiger partial charge < -0.3 is 15.4 Å². The Morgan fingerprint density at radius 3 is 2.60 bits per heavy atom. The molecule has 4 nitrogen and oxygen atoms in total. The molecule has 0 atom stereocenters. The van der Waals surface area contributed by atoms with Gasteiger partial charge in [0.1, 0.15) is 5.76 Å². The van der Waals surface area contributed by atoms with E-state index in [2.05, 4.69) is 23.3 Å². The molecule has 0 heterocycles. The van der Waals surface area contributed by atoms with Gasteiger partial charge in [-0.15, -0.1) is 12.6 Å². The molecule has 2 N–H and O–H groups in total. The number of carbonyl (C=O) groups is 1. The lowest BCUT2D eigenvalue weighted by Crippen LogP contribution is -2.30. The number of hydrogen-bond donors (Lipinski definition) is 3. The molecule has 2 amide bonds. The molecule has 1 aliphatic rings. The third-order valence-electron chi connectivity index (χ3n) is 2.78. The average Bonchev–Trinajstić information content (AvgIpc) is 2.44. The minimum absolute atomic E-state index is 0.282. The Morgan fingerprint density at radius 2 is 1.90 bits per heavy atom. The van der Waals surface area contributed by atoms with Crippen molar-refractivity contribution in [3.63, 3.8) is 0 Å². The molecule has 106 valence electrons. The molecule has 0 fully saturated rings. The first-order valence-electron chi connectivity index (χ1n) is 6.59. The van der Waals surface area contributed by atoms with E-state index in [9.17, 15) is 4.79 Å². The Balaban J connectivity index is 1.95. The standard InChI is InChI=1S/C15H18N2O2S/c1-2-19-14-6-4-3-5-13(14)17-15(18)16-11-7-9-12(20)10-8-11/h5-10,20H,2-4H2,1H3,(H2,16,17,18). The van der Waals surface area contributed by atoms with E-state index >= 15 is 0 Å². The smallest absolute Gasteiger partial charge is 0.323 e. The molecule has 0 radical (unpaired) electrons. The van der Waals surface area contributed by atoms with Gasteiger partial charge >= 0.3 is 6.03 Å². The molecule has 0 bridgehead atoms. The van der Waals surface area contributed by atoms with E-state index in [0.717, 1.165) is 34.9 Å². The first-order valence-corrected chi connectivity index (χ1v) is 7.04. The predicted octanol–water partition coefficient (Wildman–Crippen LogP) is 3.69. The van der Waals surface area contributed by atoms with Crippen molar-refractivity contribution in [3.05, 3.63) is 47.9 Å². The largest absolute Gasteiger partial charge is 0.492 e. The fourth-order valence-corrected chi connectivity index (χ4v) is 2.04. The van der Waals surface area contributed by atoms with Gasteiger partial charge in [-0.2, -0.15) is 0 Å². The number of benzene rings is 1. The molecule has 0 aliphatic heterocycles. The number of urea groups is 1. The van der Waals surface area contributed by atoms with E-state index in [1.54, 1.807) is 12.1 Å². The highest BCUT2D eigenvalue weighted by atomic mass is 32.1. The van der Waals surface area contributed by atoms with Gasteiger partial charge in [0, 0.05) is 10.6 Å². The van der Waals surface area contributed by atoms with Gasteiger partial charge in [0.25, 0.3) is 0 Å². The zero-order valence-corrected chi connectivity index (χ0v) is 12.2. The second-order valence-electron chi connectivity index (χ2n) is 4.32. The molecule has 0 saturated heterocycles. The van der Waals surface area contributed by atoms with Crippen LogP contribution in [0, 0.1) is 0 Å². The first kappa shape index (κ1) is 14.5. The summed E-state index contributed by atoms with van der Waals surface area (Å²) >= 11 is 4.20. The highest BCUT2D eigenvalue weighted by molar-refractivity contribution is 7.80. The number of thiol groups is 1. The van der Waals surface area contributed by atoms with Crippen LogP contribution in [-0.2, 0) is 4.74 Å². The van der Waals surface area contributed by atoms with Gasteiger partial charge in [0.05, 0.1) is 12.3 Å². The molecular weight excluding hydrogens is 272 g/mol. The van der Waals surface area contributed by atoms with Crippen molar-refractivity contribution in [1.29, 1.82) is 0 Å². The monoisotopic (exact) mass is 290 g/mol. The Hall–Kier alpha value is -1.88. The number of hydrogen-bond acceptors (Lipinski definition) is 3. The van der Waals surface area contributed by atoms with Crippen molar-refractivity contribution in [3.8, 4) is 0 Å². The molecule has 2 rings (SSSR count). The van der Waals surface area contributed by atoms with Crippen molar-refractivity contribution < 1.29 is 9.53 Å². The lowest BCUT2D eigenvalue weighted by Gasteiger charge is -2.17. The van der Waals surface area contributed by atoms with Crippen LogP contribution in [0.25, 0.3) is 0 Å². The van der Waals surface area contributed by atoms with E-state index < -0.39 is 0 Å². The second kappa shape index (κ2) is 7.05. The first-order chi connectivity index (χ1) is 9.69. The number of anilines is 1. The Labute approximate surface area is 124 Å². The van der Waals surface area contributed by atoms with Gasteiger partial charge in [0.15, 0.2) is 0 Å². The molecule has 20 heavy (non-hydrogen) atoms. The molecule has 5 heteroatoms. The number of allylic oxidation sites excluding steroid dienone is 2. The summed E-state index contributed by atoms with van der Waals surface area (Å²) in [5, 5.41) is 5.59. The average molecular weight is 290 g/mol. The summed E-state index contributed by atoms with van der Waals surface area (Å²) in [7, 11) is 0. The van der Waals surface area contributed by atoms with Gasteiger partial charge in [0.2, 0.25) is 0 Å². The van der Waals surface area contributed by atoms with Crippen molar-refractivity contribution in [2.45, 2.75) is 24.7 Å². The molecule has 0 aromatic heterocycles. The van der Waals surface area contributed by atoms with Crippen molar-refractivity contribution in [1.82, 2.24) is 5.32 Å². The highest BCUT2D eigenvalue weighted by Crippen LogP contribution is 2.18. The number of amides is 2. The van der Waals surface area contributed by atoms with Crippen molar-refractivity contribution >= 4 is 24.3 Å². The van der Waals surface area contributed by atoms with Crippen LogP contribution >= 0.6 is 12.6 Å². The van der Waals surface area contributed by atoms with Gasteiger partial charge in [-0.1, -0.05) is 6.08 Å². The summed E-state index contributed by atoms with van der Waals surface area (Å²) in [6, 6.07) is 6.97. The summed E-state index contributed by atoms with van der Waals surface area (Å²) in [6.45, 7) is 2.50. The third-order valence-corrected chi connectivity index (χ3v) is 3.08. The van der Waals surface area contributed by atoms with E-state index in [1.807, 2.05) is 31.2 Å². The molecule has 0 saturated carbocycles. The van der Waals surface area contributed by atoms with Crippen LogP contribution in [-0.4, -0.2) is 12.6 Å². The Morgan fingerprint density at radius 1 is 1.20 bits per heavy atom. The number of rotatable bonds is 4.